The lowest BCUT2D eigenvalue weighted by Crippen LogP contribution is -2.17. The Morgan fingerprint density at radius 3 is 2.55 bits per heavy atom. The summed E-state index contributed by atoms with van der Waals surface area (Å²) < 4.78 is 5.18. The number of para-hydroxylation sites is 1. The Morgan fingerprint density at radius 1 is 1.16 bits per heavy atom. The highest BCUT2D eigenvalue weighted by molar-refractivity contribution is 5.77. The lowest BCUT2D eigenvalue weighted by molar-refractivity contribution is -0.138. The van der Waals surface area contributed by atoms with Crippen LogP contribution in [0.25, 0.3) is 0 Å². The molecule has 4 rings (SSSR count). The highest BCUT2D eigenvalue weighted by Gasteiger charge is 2.25. The molecule has 0 radical (unpaired) electrons. The number of hydrogen-bond acceptors (Lipinski definition) is 6. The number of aliphatic carboxylic acids is 1. The van der Waals surface area contributed by atoms with Gasteiger partial charge in [0.1, 0.15) is 11.6 Å². The molecule has 160 valence electrons. The van der Waals surface area contributed by atoms with Crippen molar-refractivity contribution in [2.24, 2.45) is 5.92 Å². The Morgan fingerprint density at radius 2 is 1.90 bits per heavy atom. The van der Waals surface area contributed by atoms with Gasteiger partial charge in [0.25, 0.3) is 0 Å². The van der Waals surface area contributed by atoms with Crippen LogP contribution < -0.4 is 15.4 Å². The van der Waals surface area contributed by atoms with E-state index < -0.39 is 11.9 Å². The monoisotopic (exact) mass is 418 g/mol. The number of nitrogens with zero attached hydrogens (tertiary/aromatic N) is 2. The van der Waals surface area contributed by atoms with Crippen LogP contribution in [0.2, 0.25) is 0 Å². The molecular formula is C24H26N4O3. The molecule has 3 aromatic rings. The molecule has 1 fully saturated rings. The second-order valence-electron chi connectivity index (χ2n) is 7.75. The van der Waals surface area contributed by atoms with Gasteiger partial charge in [-0.15, -0.1) is 0 Å². The number of carboxylic acids is 1. The summed E-state index contributed by atoms with van der Waals surface area (Å²) in [6.07, 6.45) is 4.44. The Hall–Kier alpha value is -3.61. The van der Waals surface area contributed by atoms with Gasteiger partial charge in [0.15, 0.2) is 0 Å². The molecule has 7 nitrogen and oxygen atoms in total. The van der Waals surface area contributed by atoms with Crippen LogP contribution in [-0.2, 0) is 11.2 Å². The van der Waals surface area contributed by atoms with Crippen molar-refractivity contribution in [3.63, 3.8) is 0 Å². The van der Waals surface area contributed by atoms with Crippen LogP contribution in [0.3, 0.4) is 0 Å². The molecule has 1 heterocycles. The van der Waals surface area contributed by atoms with Gasteiger partial charge in [0, 0.05) is 24.0 Å². The molecule has 0 saturated heterocycles. The largest absolute Gasteiger partial charge is 0.497 e. The van der Waals surface area contributed by atoms with Crippen LogP contribution in [-0.4, -0.2) is 34.7 Å². The van der Waals surface area contributed by atoms with Crippen LogP contribution >= 0.6 is 0 Å². The number of anilines is 3. The van der Waals surface area contributed by atoms with Crippen LogP contribution in [0.5, 0.6) is 5.75 Å². The van der Waals surface area contributed by atoms with E-state index in [1.165, 1.54) is 12.8 Å². The Balaban J connectivity index is 1.58. The minimum atomic E-state index is -0.884. The summed E-state index contributed by atoms with van der Waals surface area (Å²) in [6.45, 7) is 0.828. The molecule has 1 aromatic heterocycles. The highest BCUT2D eigenvalue weighted by atomic mass is 16.5. The maximum atomic E-state index is 12.0. The van der Waals surface area contributed by atoms with E-state index in [0.29, 0.717) is 35.4 Å². The summed E-state index contributed by atoms with van der Waals surface area (Å²) in [5, 5.41) is 16.5. The number of carboxylic acid groups (broad SMARTS) is 1. The summed E-state index contributed by atoms with van der Waals surface area (Å²) in [5.74, 6) is 0.919. The molecular weight excluding hydrogens is 392 g/mol. The van der Waals surface area contributed by atoms with E-state index >= 15 is 0 Å². The van der Waals surface area contributed by atoms with Crippen molar-refractivity contribution in [1.82, 2.24) is 9.97 Å². The molecule has 2 aromatic carbocycles. The van der Waals surface area contributed by atoms with Gasteiger partial charge in [-0.3, -0.25) is 4.79 Å². The number of carbonyl (C=O) groups is 1. The van der Waals surface area contributed by atoms with Crippen molar-refractivity contribution in [2.75, 3.05) is 24.3 Å². The van der Waals surface area contributed by atoms with Gasteiger partial charge in [-0.05, 0) is 55.0 Å². The minimum Gasteiger partial charge on any atom is -0.497 e. The van der Waals surface area contributed by atoms with E-state index in [1.807, 2.05) is 30.3 Å². The summed E-state index contributed by atoms with van der Waals surface area (Å²) >= 11 is 0. The van der Waals surface area contributed by atoms with E-state index in [2.05, 4.69) is 20.6 Å². The third-order valence-electron chi connectivity index (χ3n) is 5.39. The standard InChI is InChI=1S/C24H26N4O3/c1-31-20-11-9-17(10-12-20)21(23(29)30)13-18-15-26-24(27-19-5-3-2-4-6-19)28-22(18)25-14-16-7-8-16/h2-6,9-12,15-16,21H,7-8,13-14H2,1H3,(H,29,30)(H2,25,26,27,28). The second-order valence-corrected chi connectivity index (χ2v) is 7.75. The number of nitrogens with one attached hydrogen (secondary N) is 2. The van der Waals surface area contributed by atoms with Crippen molar-refractivity contribution in [3.8, 4) is 5.75 Å². The van der Waals surface area contributed by atoms with Crippen LogP contribution in [0, 0.1) is 5.92 Å². The van der Waals surface area contributed by atoms with E-state index in [4.69, 9.17) is 4.74 Å². The zero-order valence-corrected chi connectivity index (χ0v) is 17.4. The smallest absolute Gasteiger partial charge is 0.311 e. The normalized spacial score (nSPS) is 14.0. The maximum absolute atomic E-state index is 12.0. The quantitative estimate of drug-likeness (QED) is 0.447. The molecule has 1 atom stereocenters. The fourth-order valence-electron chi connectivity index (χ4n) is 3.39. The molecule has 0 amide bonds. The number of benzene rings is 2. The lowest BCUT2D eigenvalue weighted by atomic mass is 9.92. The molecule has 1 aliphatic carbocycles. The molecule has 7 heteroatoms. The summed E-state index contributed by atoms with van der Waals surface area (Å²) in [4.78, 5) is 21.1. The fourth-order valence-corrected chi connectivity index (χ4v) is 3.39. The van der Waals surface area contributed by atoms with Gasteiger partial charge >= 0.3 is 5.97 Å². The molecule has 31 heavy (non-hydrogen) atoms. The lowest BCUT2D eigenvalue weighted by Gasteiger charge is -2.17. The summed E-state index contributed by atoms with van der Waals surface area (Å²) in [6, 6.07) is 16.9. The van der Waals surface area contributed by atoms with E-state index in [-0.39, 0.29) is 0 Å². The number of ether oxygens (including phenoxy) is 1. The first-order valence-electron chi connectivity index (χ1n) is 10.4. The minimum absolute atomic E-state index is 0.292. The molecule has 1 aliphatic rings. The molecule has 0 aliphatic heterocycles. The third-order valence-corrected chi connectivity index (χ3v) is 5.39. The molecule has 0 bridgehead atoms. The third kappa shape index (κ3) is 5.51. The predicted molar refractivity (Wildman–Crippen MR) is 120 cm³/mol. The van der Waals surface area contributed by atoms with Crippen LogP contribution in [0.4, 0.5) is 17.5 Å². The molecule has 1 unspecified atom stereocenters. The average Bonchev–Trinajstić information content (AvgIpc) is 3.62. The number of methoxy groups -OCH3 is 1. The van der Waals surface area contributed by atoms with Crippen molar-refractivity contribution in [3.05, 3.63) is 71.9 Å². The fraction of sp³-hybridized carbons (Fsp3) is 0.292. The predicted octanol–water partition coefficient (Wildman–Crippen LogP) is 4.46. The van der Waals surface area contributed by atoms with Crippen molar-refractivity contribution in [2.45, 2.75) is 25.2 Å². The van der Waals surface area contributed by atoms with Gasteiger partial charge < -0.3 is 20.5 Å². The Kier molecular flexibility index (Phi) is 6.31. The molecule has 0 spiro atoms. The Labute approximate surface area is 181 Å². The average molecular weight is 418 g/mol. The first-order chi connectivity index (χ1) is 15.1. The van der Waals surface area contributed by atoms with Gasteiger partial charge in [0.05, 0.1) is 13.0 Å². The van der Waals surface area contributed by atoms with Gasteiger partial charge in [-0.2, -0.15) is 4.98 Å². The topological polar surface area (TPSA) is 96.4 Å². The van der Waals surface area contributed by atoms with Crippen LogP contribution in [0.15, 0.2) is 60.8 Å². The highest BCUT2D eigenvalue weighted by Crippen LogP contribution is 2.31. The van der Waals surface area contributed by atoms with E-state index in [9.17, 15) is 9.90 Å². The first kappa shape index (κ1) is 20.7. The maximum Gasteiger partial charge on any atom is 0.311 e. The zero-order valence-electron chi connectivity index (χ0n) is 17.4. The van der Waals surface area contributed by atoms with Gasteiger partial charge in [-0.1, -0.05) is 30.3 Å². The van der Waals surface area contributed by atoms with Crippen molar-refractivity contribution in [1.29, 1.82) is 0 Å². The van der Waals surface area contributed by atoms with Crippen LogP contribution in [0.1, 0.15) is 29.9 Å². The summed E-state index contributed by atoms with van der Waals surface area (Å²) in [7, 11) is 1.59. The van der Waals surface area contributed by atoms with Crippen molar-refractivity contribution >= 4 is 23.4 Å². The summed E-state index contributed by atoms with van der Waals surface area (Å²) in [5.41, 5.74) is 2.39. The van der Waals surface area contributed by atoms with E-state index in [1.54, 1.807) is 37.6 Å². The number of aromatic nitrogens is 2. The first-order valence-corrected chi connectivity index (χ1v) is 10.4. The molecule has 3 N–H and O–H groups in total. The Bertz CT molecular complexity index is 1020. The number of rotatable bonds is 10. The van der Waals surface area contributed by atoms with Crippen molar-refractivity contribution < 1.29 is 14.6 Å². The molecule has 1 saturated carbocycles. The second kappa shape index (κ2) is 9.47. The number of hydrogen-bond donors (Lipinski definition) is 3. The van der Waals surface area contributed by atoms with Gasteiger partial charge in [-0.25, -0.2) is 4.98 Å². The van der Waals surface area contributed by atoms with E-state index in [0.717, 1.165) is 17.8 Å². The zero-order chi connectivity index (χ0) is 21.6. The van der Waals surface area contributed by atoms with Gasteiger partial charge in [0.2, 0.25) is 5.95 Å². The SMILES string of the molecule is COc1ccc(C(Cc2cnc(Nc3ccccc3)nc2NCC2CC2)C(=O)O)cc1.